The van der Waals surface area contributed by atoms with Crippen molar-refractivity contribution in [3.63, 3.8) is 0 Å². The number of fused-ring (bicyclic) bond motifs is 1. The third-order valence-corrected chi connectivity index (χ3v) is 4.27. The lowest BCUT2D eigenvalue weighted by Crippen LogP contribution is -2.19. The zero-order valence-corrected chi connectivity index (χ0v) is 12.8. The van der Waals surface area contributed by atoms with Gasteiger partial charge in [0.25, 0.3) is 5.91 Å². The molecule has 112 valence electrons. The Hall–Kier alpha value is -2.79. The Morgan fingerprint density at radius 1 is 1.04 bits per heavy atom. The molecule has 1 fully saturated rings. The lowest BCUT2D eigenvalue weighted by molar-refractivity contribution is -0.115. The largest absolute Gasteiger partial charge is 0.457 e. The predicted octanol–water partition coefficient (Wildman–Crippen LogP) is 4.32. The van der Waals surface area contributed by atoms with Crippen molar-refractivity contribution >= 4 is 45.6 Å². The second-order valence-electron chi connectivity index (χ2n) is 5.00. The Morgan fingerprint density at radius 2 is 1.83 bits per heavy atom. The molecule has 1 aliphatic rings. The first kappa shape index (κ1) is 13.8. The summed E-state index contributed by atoms with van der Waals surface area (Å²) in [6.07, 6.45) is 1.74. The zero-order valence-electron chi connectivity index (χ0n) is 12.0. The molecule has 0 radical (unpaired) electrons. The summed E-state index contributed by atoms with van der Waals surface area (Å²) in [4.78, 5) is 17.1. The molecule has 1 aliphatic heterocycles. The van der Waals surface area contributed by atoms with Crippen LogP contribution < -0.4 is 5.32 Å². The summed E-state index contributed by atoms with van der Waals surface area (Å²) < 4.78 is 5.72. The summed E-state index contributed by atoms with van der Waals surface area (Å²) in [6, 6.07) is 19.2. The van der Waals surface area contributed by atoms with Crippen molar-refractivity contribution in [1.82, 2.24) is 5.32 Å². The van der Waals surface area contributed by atoms with E-state index >= 15 is 0 Å². The second kappa shape index (κ2) is 5.78. The second-order valence-corrected chi connectivity index (χ2v) is 6.03. The number of benzene rings is 2. The Kier molecular flexibility index (Phi) is 3.48. The van der Waals surface area contributed by atoms with Crippen LogP contribution in [0.2, 0.25) is 0 Å². The molecule has 1 saturated heterocycles. The van der Waals surface area contributed by atoms with Crippen LogP contribution in [0.4, 0.5) is 5.69 Å². The van der Waals surface area contributed by atoms with E-state index in [-0.39, 0.29) is 5.91 Å². The number of carbonyl (C=O) groups excluding carboxylic acids is 1. The molecular formula is C18H12N2O2S. The molecule has 1 N–H and O–H groups in total. The number of thioether (sulfide) groups is 1. The number of furan rings is 1. The molecule has 3 aromatic rings. The fourth-order valence-electron chi connectivity index (χ4n) is 2.30. The van der Waals surface area contributed by atoms with Crippen LogP contribution in [-0.2, 0) is 4.79 Å². The van der Waals surface area contributed by atoms with E-state index in [1.54, 1.807) is 6.08 Å². The van der Waals surface area contributed by atoms with Crippen molar-refractivity contribution in [2.75, 3.05) is 0 Å². The highest BCUT2D eigenvalue weighted by atomic mass is 32.2. The smallest absolute Gasteiger partial charge is 0.264 e. The minimum absolute atomic E-state index is 0.162. The van der Waals surface area contributed by atoms with E-state index in [1.807, 2.05) is 60.7 Å². The highest BCUT2D eigenvalue weighted by Crippen LogP contribution is 2.29. The number of carbonyl (C=O) groups is 1. The lowest BCUT2D eigenvalue weighted by atomic mass is 10.2. The van der Waals surface area contributed by atoms with Gasteiger partial charge in [0.05, 0.1) is 10.6 Å². The van der Waals surface area contributed by atoms with Crippen LogP contribution in [0, 0.1) is 0 Å². The predicted molar refractivity (Wildman–Crippen MR) is 93.5 cm³/mol. The maximum absolute atomic E-state index is 12.1. The van der Waals surface area contributed by atoms with Gasteiger partial charge in [-0.05, 0) is 36.0 Å². The van der Waals surface area contributed by atoms with Gasteiger partial charge >= 0.3 is 0 Å². The normalized spacial score (nSPS) is 18.0. The maximum atomic E-state index is 12.1. The Morgan fingerprint density at radius 3 is 2.65 bits per heavy atom. The van der Waals surface area contributed by atoms with Crippen molar-refractivity contribution in [2.24, 2.45) is 4.99 Å². The topological polar surface area (TPSA) is 54.6 Å². The molecule has 0 aliphatic carbocycles. The average molecular weight is 320 g/mol. The van der Waals surface area contributed by atoms with Gasteiger partial charge < -0.3 is 9.73 Å². The van der Waals surface area contributed by atoms with Crippen LogP contribution in [0.15, 0.2) is 75.0 Å². The summed E-state index contributed by atoms with van der Waals surface area (Å²) in [5.41, 5.74) is 1.61. The van der Waals surface area contributed by atoms with Gasteiger partial charge in [0.2, 0.25) is 0 Å². The van der Waals surface area contributed by atoms with E-state index in [4.69, 9.17) is 4.42 Å². The molecular weight excluding hydrogens is 308 g/mol. The molecule has 1 amide bonds. The summed E-state index contributed by atoms with van der Waals surface area (Å²) in [5, 5.41) is 4.36. The Balaban J connectivity index is 1.62. The molecule has 4 rings (SSSR count). The van der Waals surface area contributed by atoms with E-state index < -0.39 is 0 Å². The molecule has 2 aromatic carbocycles. The lowest BCUT2D eigenvalue weighted by Gasteiger charge is -1.94. The molecule has 0 saturated carbocycles. The van der Waals surface area contributed by atoms with Crippen molar-refractivity contribution in [2.45, 2.75) is 0 Å². The maximum Gasteiger partial charge on any atom is 0.264 e. The molecule has 2 heterocycles. The summed E-state index contributed by atoms with van der Waals surface area (Å²) in [7, 11) is 0. The molecule has 0 bridgehead atoms. The number of nitrogens with zero attached hydrogens (tertiary/aromatic N) is 1. The van der Waals surface area contributed by atoms with Gasteiger partial charge in [-0.1, -0.05) is 36.4 Å². The summed E-state index contributed by atoms with van der Waals surface area (Å²) in [5.74, 6) is 0.495. The number of amides is 1. The van der Waals surface area contributed by atoms with Gasteiger partial charge in [-0.15, -0.1) is 0 Å². The fourth-order valence-corrected chi connectivity index (χ4v) is 3.12. The van der Waals surface area contributed by atoms with E-state index in [0.29, 0.717) is 15.8 Å². The fraction of sp³-hybridized carbons (Fsp3) is 0. The van der Waals surface area contributed by atoms with Gasteiger partial charge in [0.1, 0.15) is 11.3 Å². The van der Waals surface area contributed by atoms with Crippen molar-refractivity contribution in [3.05, 3.63) is 71.3 Å². The van der Waals surface area contributed by atoms with Crippen LogP contribution in [0.25, 0.3) is 17.0 Å². The molecule has 0 unspecified atom stereocenters. The third kappa shape index (κ3) is 2.91. The SMILES string of the molecule is O=C1NC(=Nc2ccccc2)S/C1=C\c1cc2ccccc2o1. The van der Waals surface area contributed by atoms with Crippen LogP contribution in [0.5, 0.6) is 0 Å². The van der Waals surface area contributed by atoms with Gasteiger partial charge in [0.15, 0.2) is 5.17 Å². The molecule has 0 atom stereocenters. The van der Waals surface area contributed by atoms with E-state index in [1.165, 1.54) is 11.8 Å². The van der Waals surface area contributed by atoms with Gasteiger partial charge in [0, 0.05) is 11.5 Å². The summed E-state index contributed by atoms with van der Waals surface area (Å²) in [6.45, 7) is 0. The first-order valence-electron chi connectivity index (χ1n) is 7.11. The number of nitrogens with one attached hydrogen (secondary N) is 1. The van der Waals surface area contributed by atoms with Gasteiger partial charge in [-0.25, -0.2) is 4.99 Å². The highest BCUT2D eigenvalue weighted by Gasteiger charge is 2.24. The van der Waals surface area contributed by atoms with Gasteiger partial charge in [-0.3, -0.25) is 4.79 Å². The minimum Gasteiger partial charge on any atom is -0.457 e. The zero-order chi connectivity index (χ0) is 15.6. The number of para-hydroxylation sites is 2. The monoisotopic (exact) mass is 320 g/mol. The molecule has 0 spiro atoms. The van der Waals surface area contributed by atoms with Crippen molar-refractivity contribution in [3.8, 4) is 0 Å². The van der Waals surface area contributed by atoms with Crippen molar-refractivity contribution < 1.29 is 9.21 Å². The quantitative estimate of drug-likeness (QED) is 0.715. The van der Waals surface area contributed by atoms with Crippen LogP contribution in [0.1, 0.15) is 5.76 Å². The first-order valence-corrected chi connectivity index (χ1v) is 7.93. The average Bonchev–Trinajstić information content (AvgIpc) is 3.11. The highest BCUT2D eigenvalue weighted by molar-refractivity contribution is 8.18. The first-order chi connectivity index (χ1) is 11.3. The third-order valence-electron chi connectivity index (χ3n) is 3.36. The minimum atomic E-state index is -0.162. The van der Waals surface area contributed by atoms with Crippen LogP contribution >= 0.6 is 11.8 Å². The number of hydrogen-bond acceptors (Lipinski definition) is 4. The van der Waals surface area contributed by atoms with Crippen LogP contribution in [0.3, 0.4) is 0 Å². The van der Waals surface area contributed by atoms with E-state index in [0.717, 1.165) is 16.7 Å². The Labute approximate surface area is 136 Å². The molecule has 4 nitrogen and oxygen atoms in total. The number of aliphatic imine (C=N–C) groups is 1. The van der Waals surface area contributed by atoms with E-state index in [2.05, 4.69) is 10.3 Å². The van der Waals surface area contributed by atoms with E-state index in [9.17, 15) is 4.79 Å². The number of hydrogen-bond donors (Lipinski definition) is 1. The molecule has 5 heteroatoms. The summed E-state index contributed by atoms with van der Waals surface area (Å²) >= 11 is 1.31. The molecule has 1 aromatic heterocycles. The standard InChI is InChI=1S/C18H12N2O2S/c21-17-16(11-14-10-12-6-4-5-9-15(12)22-14)23-18(20-17)19-13-7-2-1-3-8-13/h1-11H,(H,19,20,21)/b16-11-. The van der Waals surface area contributed by atoms with Crippen LogP contribution in [-0.4, -0.2) is 11.1 Å². The van der Waals surface area contributed by atoms with Gasteiger partial charge in [-0.2, -0.15) is 0 Å². The molecule has 23 heavy (non-hydrogen) atoms. The van der Waals surface area contributed by atoms with Crippen molar-refractivity contribution in [1.29, 1.82) is 0 Å². The Bertz CT molecular complexity index is 909. The number of amidine groups is 1. The number of rotatable bonds is 2.